The van der Waals surface area contributed by atoms with E-state index in [-0.39, 0.29) is 11.3 Å². The maximum atomic E-state index is 9.14. The van der Waals surface area contributed by atoms with Gasteiger partial charge in [0.05, 0.1) is 6.07 Å². The fraction of sp³-hybridized carbons (Fsp3) is 0.929. The lowest BCUT2D eigenvalue weighted by atomic mass is 9.53. The second-order valence-electron chi connectivity index (χ2n) is 7.36. The van der Waals surface area contributed by atoms with E-state index in [1.165, 1.54) is 19.3 Å². The zero-order chi connectivity index (χ0) is 11.9. The van der Waals surface area contributed by atoms with Gasteiger partial charge in [-0.3, -0.25) is 0 Å². The molecule has 0 bridgehead atoms. The Balaban J connectivity index is 2.98. The van der Waals surface area contributed by atoms with Crippen LogP contribution in [0.4, 0.5) is 0 Å². The zero-order valence-electron chi connectivity index (χ0n) is 11.1. The fourth-order valence-corrected chi connectivity index (χ4v) is 4.13. The second kappa shape index (κ2) is 3.51. The van der Waals surface area contributed by atoms with Crippen LogP contribution >= 0.6 is 0 Å². The molecule has 0 aromatic heterocycles. The molecule has 0 aromatic carbocycles. The molecular formula is C14H25N. The van der Waals surface area contributed by atoms with E-state index in [1.54, 1.807) is 0 Å². The van der Waals surface area contributed by atoms with Gasteiger partial charge in [0.25, 0.3) is 0 Å². The molecule has 1 aliphatic carbocycles. The summed E-state index contributed by atoms with van der Waals surface area (Å²) in [6.07, 6.45) is 3.63. The van der Waals surface area contributed by atoms with E-state index in [0.29, 0.717) is 10.8 Å². The summed E-state index contributed by atoms with van der Waals surface area (Å²) in [7, 11) is 0. The largest absolute Gasteiger partial charge is 0.198 e. The lowest BCUT2D eigenvalue weighted by Gasteiger charge is -2.52. The number of hydrogen-bond donors (Lipinski definition) is 0. The Bertz CT molecular complexity index is 264. The highest BCUT2D eigenvalue weighted by atomic mass is 14.5. The molecule has 0 N–H and O–H groups in total. The van der Waals surface area contributed by atoms with Crippen LogP contribution in [-0.2, 0) is 0 Å². The molecule has 0 saturated heterocycles. The molecule has 0 amide bonds. The van der Waals surface area contributed by atoms with Crippen molar-refractivity contribution in [2.45, 2.75) is 60.8 Å². The normalized spacial score (nSPS) is 29.1. The minimum absolute atomic E-state index is 0.163. The van der Waals surface area contributed by atoms with Gasteiger partial charge >= 0.3 is 0 Å². The van der Waals surface area contributed by atoms with Gasteiger partial charge in [-0.05, 0) is 42.4 Å². The van der Waals surface area contributed by atoms with E-state index in [1.807, 2.05) is 0 Å². The Morgan fingerprint density at radius 2 is 1.33 bits per heavy atom. The topological polar surface area (TPSA) is 23.8 Å². The predicted molar refractivity (Wildman–Crippen MR) is 64.3 cm³/mol. The van der Waals surface area contributed by atoms with Crippen molar-refractivity contribution in [3.05, 3.63) is 0 Å². The third-order valence-corrected chi connectivity index (χ3v) is 3.96. The molecule has 1 atom stereocenters. The van der Waals surface area contributed by atoms with Crippen molar-refractivity contribution in [3.8, 4) is 6.07 Å². The first-order valence-electron chi connectivity index (χ1n) is 6.00. The van der Waals surface area contributed by atoms with Crippen molar-refractivity contribution < 1.29 is 0 Å². The first-order valence-corrected chi connectivity index (χ1v) is 6.00. The molecule has 1 rings (SSSR count). The summed E-state index contributed by atoms with van der Waals surface area (Å²) >= 11 is 0. The van der Waals surface area contributed by atoms with Gasteiger partial charge in [-0.25, -0.2) is 0 Å². The zero-order valence-corrected chi connectivity index (χ0v) is 11.1. The van der Waals surface area contributed by atoms with Gasteiger partial charge in [-0.1, -0.05) is 34.6 Å². The molecule has 1 heteroatoms. The van der Waals surface area contributed by atoms with Crippen LogP contribution in [0.5, 0.6) is 0 Å². The summed E-state index contributed by atoms with van der Waals surface area (Å²) in [5.74, 6) is 0.163. The van der Waals surface area contributed by atoms with Crippen LogP contribution in [0.2, 0.25) is 0 Å². The van der Waals surface area contributed by atoms with E-state index >= 15 is 0 Å². The van der Waals surface area contributed by atoms with Crippen molar-refractivity contribution in [3.63, 3.8) is 0 Å². The van der Waals surface area contributed by atoms with Gasteiger partial charge in [-0.15, -0.1) is 0 Å². The number of rotatable bonds is 1. The molecule has 86 valence electrons. The SMILES string of the molecule is CC(C#N)C1(C)CC(C)(C)CC(C)(C)C1. The fourth-order valence-electron chi connectivity index (χ4n) is 4.13. The maximum absolute atomic E-state index is 9.14. The molecule has 1 aliphatic rings. The maximum Gasteiger partial charge on any atom is 0.0658 e. The molecule has 0 spiro atoms. The monoisotopic (exact) mass is 207 g/mol. The third-order valence-electron chi connectivity index (χ3n) is 3.96. The van der Waals surface area contributed by atoms with Crippen LogP contribution in [0.15, 0.2) is 0 Å². The van der Waals surface area contributed by atoms with Gasteiger partial charge in [0.2, 0.25) is 0 Å². The minimum atomic E-state index is 0.163. The standard InChI is InChI=1S/C14H25N/c1-11(7-15)14(6)9-12(2,3)8-13(4,5)10-14/h11H,8-10H2,1-6H3. The molecular weight excluding hydrogens is 182 g/mol. The lowest BCUT2D eigenvalue weighted by molar-refractivity contribution is -0.0106. The summed E-state index contributed by atoms with van der Waals surface area (Å²) in [5.41, 5.74) is 0.948. The molecule has 1 fully saturated rings. The van der Waals surface area contributed by atoms with E-state index in [2.05, 4.69) is 47.6 Å². The Kier molecular flexibility index (Phi) is 2.94. The average Bonchev–Trinajstić information content (AvgIpc) is 1.95. The van der Waals surface area contributed by atoms with E-state index < -0.39 is 0 Å². The molecule has 0 aliphatic heterocycles. The average molecular weight is 207 g/mol. The highest BCUT2D eigenvalue weighted by molar-refractivity contribution is 5.02. The smallest absolute Gasteiger partial charge is 0.0658 e. The van der Waals surface area contributed by atoms with Crippen LogP contribution in [0.3, 0.4) is 0 Å². The van der Waals surface area contributed by atoms with Crippen molar-refractivity contribution in [1.82, 2.24) is 0 Å². The molecule has 1 saturated carbocycles. The van der Waals surface area contributed by atoms with Crippen molar-refractivity contribution in [1.29, 1.82) is 5.26 Å². The summed E-state index contributed by atoms with van der Waals surface area (Å²) in [6, 6.07) is 2.45. The van der Waals surface area contributed by atoms with Gasteiger partial charge in [0.15, 0.2) is 0 Å². The van der Waals surface area contributed by atoms with E-state index in [0.717, 1.165) is 0 Å². The van der Waals surface area contributed by atoms with Gasteiger partial charge in [0, 0.05) is 5.92 Å². The molecule has 0 heterocycles. The van der Waals surface area contributed by atoms with Gasteiger partial charge in [-0.2, -0.15) is 5.26 Å². The summed E-state index contributed by atoms with van der Waals surface area (Å²) in [6.45, 7) is 13.8. The van der Waals surface area contributed by atoms with Crippen LogP contribution in [0.1, 0.15) is 60.8 Å². The Morgan fingerprint density at radius 3 is 1.67 bits per heavy atom. The lowest BCUT2D eigenvalue weighted by Crippen LogP contribution is -2.42. The van der Waals surface area contributed by atoms with Crippen LogP contribution in [-0.4, -0.2) is 0 Å². The first kappa shape index (κ1) is 12.6. The van der Waals surface area contributed by atoms with E-state index in [4.69, 9.17) is 5.26 Å². The van der Waals surface area contributed by atoms with Crippen molar-refractivity contribution in [2.24, 2.45) is 22.2 Å². The summed E-state index contributed by atoms with van der Waals surface area (Å²) in [5, 5.41) is 9.14. The Hall–Kier alpha value is -0.510. The molecule has 0 aromatic rings. The van der Waals surface area contributed by atoms with Crippen molar-refractivity contribution in [2.75, 3.05) is 0 Å². The molecule has 1 unspecified atom stereocenters. The Labute approximate surface area is 94.9 Å². The summed E-state index contributed by atoms with van der Waals surface area (Å²) in [4.78, 5) is 0. The Morgan fingerprint density at radius 1 is 0.933 bits per heavy atom. The number of nitrogens with zero attached hydrogens (tertiary/aromatic N) is 1. The van der Waals surface area contributed by atoms with Crippen LogP contribution in [0, 0.1) is 33.5 Å². The highest BCUT2D eigenvalue weighted by Crippen LogP contribution is 2.56. The quantitative estimate of drug-likeness (QED) is 0.625. The highest BCUT2D eigenvalue weighted by Gasteiger charge is 2.47. The number of hydrogen-bond acceptors (Lipinski definition) is 1. The molecule has 0 radical (unpaired) electrons. The second-order valence-corrected chi connectivity index (χ2v) is 7.36. The molecule has 1 nitrogen and oxygen atoms in total. The third kappa shape index (κ3) is 2.74. The molecule has 15 heavy (non-hydrogen) atoms. The van der Waals surface area contributed by atoms with E-state index in [9.17, 15) is 0 Å². The first-order chi connectivity index (χ1) is 6.60. The predicted octanol–water partition coefficient (Wildman–Crippen LogP) is 4.39. The number of nitriles is 1. The van der Waals surface area contributed by atoms with Gasteiger partial charge in [0.1, 0.15) is 0 Å². The van der Waals surface area contributed by atoms with Crippen LogP contribution in [0.25, 0.3) is 0 Å². The summed E-state index contributed by atoms with van der Waals surface area (Å²) < 4.78 is 0. The minimum Gasteiger partial charge on any atom is -0.198 e. The van der Waals surface area contributed by atoms with Crippen LogP contribution < -0.4 is 0 Å². The van der Waals surface area contributed by atoms with Gasteiger partial charge < -0.3 is 0 Å². The van der Waals surface area contributed by atoms with Crippen molar-refractivity contribution >= 4 is 0 Å².